The SMILES string of the molecule is CC(C)(C)OC(=O)N1CCc2c(nc(-c3ccc(N)c(F)c3)nc2N2CCOCC2)C1.CC(C)(C)OC(=O)N1CCc2c(nc(Cl)nc2N2CCOCC2)C1.CC1(C)OB(c2ccc(N)c(F)c2)OC1(C)C.CCNC(=O)Nc1ccc(-c2nc3c(c(N4CCOCC4)n2)CCN(C(=O)OC(C)(C)C)C3)cc1F.CCNC(=O)Nc1ccc(-c2nc3c(c(N4CCOCC4)n2)CCNC3)cc1F. The third-order valence-corrected chi connectivity index (χ3v) is 23.8. The molecule has 36 nitrogen and oxygen atoms in total. The van der Waals surface area contributed by atoms with Crippen molar-refractivity contribution in [2.75, 3.05) is 186 Å². The van der Waals surface area contributed by atoms with Crippen molar-refractivity contribution in [1.82, 2.24) is 70.5 Å². The number of carbonyl (C=O) groups excluding carboxylic acids is 5. The normalized spacial score (nSPS) is 17.3. The van der Waals surface area contributed by atoms with Gasteiger partial charge in [0.25, 0.3) is 0 Å². The van der Waals surface area contributed by atoms with E-state index in [1.54, 1.807) is 52.8 Å². The number of aromatic nitrogens is 8. The van der Waals surface area contributed by atoms with Gasteiger partial charge in [-0.15, -0.1) is 0 Å². The third kappa shape index (κ3) is 27.0. The summed E-state index contributed by atoms with van der Waals surface area (Å²) in [5, 5.41) is 13.7. The zero-order chi connectivity index (χ0) is 98.4. The number of nitrogen functional groups attached to an aromatic ring is 2. The Hall–Kier alpha value is -11.9. The Morgan fingerprint density at radius 1 is 0.431 bits per heavy atom. The van der Waals surface area contributed by atoms with Gasteiger partial charge in [-0.05, 0) is 220 Å². The van der Waals surface area contributed by atoms with Crippen LogP contribution in [0.15, 0.2) is 72.8 Å². The maximum atomic E-state index is 14.9. The number of urea groups is 2. The number of fused-ring (bicyclic) bond motifs is 4. The molecule has 4 aromatic heterocycles. The molecule has 7 amide bonds. The fourth-order valence-electron chi connectivity index (χ4n) is 16.0. The minimum absolute atomic E-state index is 0.0622. The largest absolute Gasteiger partial charge is 0.494 e. The van der Waals surface area contributed by atoms with Crippen molar-refractivity contribution in [3.63, 3.8) is 0 Å². The number of carbonyl (C=O) groups is 5. The topological polar surface area (TPSA) is 406 Å². The first-order chi connectivity index (χ1) is 65.1. The molecule has 9 aliphatic rings. The van der Waals surface area contributed by atoms with Crippen LogP contribution in [0.3, 0.4) is 0 Å². The Morgan fingerprint density at radius 3 is 1.09 bits per heavy atom. The standard InChI is InChI=1S/C25H33FN6O4.C22H28FN5O3.C20H25FN6O2.C16H23ClN4O3.C12H17BFNO2/c1-5-27-23(33)29-19-7-6-16(14-18(19)26)21-28-20-15-32(24(34)36-25(2,3)4)9-8-17(20)22(30-21)31-10-12-35-13-11-31;1-22(2,3)31-21(29)28-7-6-15-18(13-28)25-19(14-4-5-17(24)16(23)12-14)26-20(15)27-8-10-30-11-9-27;1-2-23-20(28)25-16-4-3-13(11-15(16)21)18-24-17-12-22-6-5-14(17)19(26-18)27-7-9-29-10-8-27;1-16(2,3)24-15(22)21-5-4-11-12(10-21)18-14(17)19-13(11)20-6-8-23-9-7-20;1-11(2)12(3,4)17-13(16-11)8-5-6-10(15)9(14)7-8/h6-7,14H,5,8-13,15H2,1-4H3,(H2,27,29,33);4-5,12H,6-11,13,24H2,1-3H3;3-4,11,22H,2,5-10,12H2,1H3,(H2,23,25,28);4-10H2,1-3H3;5-7H,15H2,1-4H3. The van der Waals surface area contributed by atoms with Crippen LogP contribution in [0.5, 0.6) is 0 Å². The number of ether oxygens (including phenoxy) is 7. The van der Waals surface area contributed by atoms with Crippen molar-refractivity contribution in [3.05, 3.63) is 146 Å². The maximum absolute atomic E-state index is 14.9. The summed E-state index contributed by atoms with van der Waals surface area (Å²) in [5.74, 6) is 2.56. The Bertz CT molecular complexity index is 5620. The molecule has 42 heteroatoms. The van der Waals surface area contributed by atoms with Crippen LogP contribution in [0.4, 0.5) is 87.6 Å². The Balaban J connectivity index is 0.000000147. The van der Waals surface area contributed by atoms with E-state index in [1.165, 1.54) is 48.5 Å². The fraction of sp³-hybridized carbons (Fsp3) is 0.526. The lowest BCUT2D eigenvalue weighted by atomic mass is 9.79. The molecule has 0 spiro atoms. The highest BCUT2D eigenvalue weighted by atomic mass is 35.5. The molecule has 5 saturated heterocycles. The van der Waals surface area contributed by atoms with Crippen LogP contribution in [0.25, 0.3) is 34.2 Å². The summed E-state index contributed by atoms with van der Waals surface area (Å²) < 4.78 is 107. The molecule has 9 aliphatic heterocycles. The van der Waals surface area contributed by atoms with Gasteiger partial charge < -0.3 is 115 Å². The number of morpholine rings is 4. The molecule has 738 valence electrons. The second-order valence-electron chi connectivity index (χ2n) is 37.9. The Kier molecular flexibility index (Phi) is 33.5. The molecule has 0 saturated carbocycles. The fourth-order valence-corrected chi connectivity index (χ4v) is 16.2. The monoisotopic (exact) mass is 1920 g/mol. The van der Waals surface area contributed by atoms with Gasteiger partial charge in [0.1, 0.15) is 63.3 Å². The number of hydrogen-bond donors (Lipinski definition) is 7. The zero-order valence-electron chi connectivity index (χ0n) is 80.7. The van der Waals surface area contributed by atoms with Gasteiger partial charge >= 0.3 is 37.5 Å². The molecule has 137 heavy (non-hydrogen) atoms. The number of nitrogens with zero attached hydrogens (tertiary/aromatic N) is 15. The predicted molar refractivity (Wildman–Crippen MR) is 514 cm³/mol. The molecule has 4 aromatic carbocycles. The first kappa shape index (κ1) is 103. The van der Waals surface area contributed by atoms with E-state index < -0.39 is 76.5 Å². The lowest BCUT2D eigenvalue weighted by Crippen LogP contribution is -2.42. The van der Waals surface area contributed by atoms with E-state index >= 15 is 0 Å². The average Bonchev–Trinajstić information content (AvgIpc) is 1.74. The molecular formula is C95H126BClF4N22O14. The van der Waals surface area contributed by atoms with Crippen molar-refractivity contribution >= 4 is 101 Å². The lowest BCUT2D eigenvalue weighted by molar-refractivity contribution is 0.00578. The van der Waals surface area contributed by atoms with E-state index in [-0.39, 0.29) is 46.8 Å². The molecule has 5 fully saturated rings. The van der Waals surface area contributed by atoms with Crippen molar-refractivity contribution in [3.8, 4) is 34.2 Å². The quantitative estimate of drug-likeness (QED) is 0.0196. The summed E-state index contributed by atoms with van der Waals surface area (Å²) in [6.07, 6.45) is 1.68. The highest BCUT2D eigenvalue weighted by Gasteiger charge is 2.52. The second-order valence-corrected chi connectivity index (χ2v) is 38.2. The van der Waals surface area contributed by atoms with E-state index in [2.05, 4.69) is 56.2 Å². The van der Waals surface area contributed by atoms with E-state index in [9.17, 15) is 41.5 Å². The predicted octanol–water partition coefficient (Wildman–Crippen LogP) is 12.4. The number of nitrogens with one attached hydrogen (secondary N) is 5. The third-order valence-electron chi connectivity index (χ3n) is 23.6. The van der Waals surface area contributed by atoms with E-state index in [4.69, 9.17) is 95.4 Å². The van der Waals surface area contributed by atoms with Crippen LogP contribution in [0, 0.1) is 23.3 Å². The van der Waals surface area contributed by atoms with Gasteiger partial charge in [-0.1, -0.05) is 6.07 Å². The summed E-state index contributed by atoms with van der Waals surface area (Å²) in [5.41, 5.74) is 18.6. The number of hydrogen-bond acceptors (Lipinski definition) is 29. The van der Waals surface area contributed by atoms with Crippen molar-refractivity contribution < 1.29 is 84.0 Å². The highest BCUT2D eigenvalue weighted by Crippen LogP contribution is 2.40. The first-order valence-electron chi connectivity index (χ1n) is 46.4. The summed E-state index contributed by atoms with van der Waals surface area (Å²) in [6, 6.07) is 17.3. The van der Waals surface area contributed by atoms with Gasteiger partial charge in [-0.3, -0.25) is 0 Å². The number of rotatable bonds is 12. The van der Waals surface area contributed by atoms with Gasteiger partial charge in [-0.2, -0.15) is 0 Å². The molecular weight excluding hydrogens is 1800 g/mol. The Labute approximate surface area is 801 Å². The molecule has 0 bridgehead atoms. The highest BCUT2D eigenvalue weighted by molar-refractivity contribution is 6.62. The summed E-state index contributed by atoms with van der Waals surface area (Å²) in [7, 11) is -0.546. The summed E-state index contributed by atoms with van der Waals surface area (Å²) in [6.45, 7) is 44.1. The first-order valence-corrected chi connectivity index (χ1v) is 46.8. The Morgan fingerprint density at radius 2 is 0.752 bits per heavy atom. The number of halogens is 5. The average molecular weight is 1920 g/mol. The number of benzene rings is 4. The molecule has 0 atom stereocenters. The summed E-state index contributed by atoms with van der Waals surface area (Å²) in [4.78, 5) is 112. The van der Waals surface area contributed by atoms with E-state index in [0.717, 1.165) is 115 Å². The van der Waals surface area contributed by atoms with Crippen LogP contribution in [0.2, 0.25) is 5.28 Å². The molecule has 0 radical (unpaired) electrons. The van der Waals surface area contributed by atoms with Crippen LogP contribution >= 0.6 is 11.6 Å². The van der Waals surface area contributed by atoms with Crippen molar-refractivity contribution in [2.24, 2.45) is 0 Å². The number of amides is 7. The molecule has 17 rings (SSSR count). The minimum Gasteiger partial charge on any atom is -0.444 e. The van der Waals surface area contributed by atoms with Gasteiger partial charge in [0.15, 0.2) is 17.5 Å². The zero-order valence-corrected chi connectivity index (χ0v) is 81.4. The van der Waals surface area contributed by atoms with Crippen LogP contribution < -0.4 is 63.1 Å². The van der Waals surface area contributed by atoms with E-state index in [1.807, 2.05) is 90.0 Å². The van der Waals surface area contributed by atoms with E-state index in [0.29, 0.717) is 183 Å². The van der Waals surface area contributed by atoms with Crippen LogP contribution in [0.1, 0.15) is 149 Å². The van der Waals surface area contributed by atoms with Gasteiger partial charge in [-0.25, -0.2) is 81.4 Å². The number of anilines is 8. The summed E-state index contributed by atoms with van der Waals surface area (Å²) >= 11 is 6.12. The molecule has 0 unspecified atom stereocenters. The maximum Gasteiger partial charge on any atom is 0.494 e. The minimum atomic E-state index is -0.603. The molecule has 0 aliphatic carbocycles. The van der Waals surface area contributed by atoms with Gasteiger partial charge in [0, 0.05) is 131 Å². The van der Waals surface area contributed by atoms with Crippen LogP contribution in [-0.2, 0) is 94.3 Å². The van der Waals surface area contributed by atoms with Crippen LogP contribution in [-0.4, -0.2) is 265 Å². The van der Waals surface area contributed by atoms with Gasteiger partial charge in [0.05, 0.1) is 129 Å². The van der Waals surface area contributed by atoms with Gasteiger partial charge in [0.2, 0.25) is 5.28 Å². The second kappa shape index (κ2) is 44.7. The molecule has 8 aromatic rings. The molecule has 9 N–H and O–H groups in total. The molecule has 13 heterocycles. The lowest BCUT2D eigenvalue weighted by Gasteiger charge is -2.34. The smallest absolute Gasteiger partial charge is 0.444 e. The van der Waals surface area contributed by atoms with Crippen molar-refractivity contribution in [1.29, 1.82) is 0 Å². The van der Waals surface area contributed by atoms with Crippen molar-refractivity contribution in [2.45, 2.75) is 184 Å². The number of nitrogens with two attached hydrogens (primary N) is 2.